The molecule has 2 fully saturated rings. The van der Waals surface area contributed by atoms with Gasteiger partial charge in [-0.15, -0.1) is 0 Å². The summed E-state index contributed by atoms with van der Waals surface area (Å²) in [4.78, 5) is 9.70. The molecule has 4 nitrogen and oxygen atoms in total. The summed E-state index contributed by atoms with van der Waals surface area (Å²) in [6.45, 7) is 4.37. The number of likely N-dealkylation sites (tertiary alicyclic amines) is 2. The molecule has 4 rings (SSSR count). The Bertz CT molecular complexity index is 563. The Kier molecular flexibility index (Phi) is 3.51. The van der Waals surface area contributed by atoms with Gasteiger partial charge in [-0.25, -0.2) is 4.99 Å². The van der Waals surface area contributed by atoms with Crippen molar-refractivity contribution >= 4 is 23.1 Å². The number of rotatable bonds is 1. The Morgan fingerprint density at radius 1 is 1.05 bits per heavy atom. The molecule has 0 spiro atoms. The lowest BCUT2D eigenvalue weighted by molar-refractivity contribution is 0.0865. The summed E-state index contributed by atoms with van der Waals surface area (Å²) < 4.78 is 6.29. The van der Waals surface area contributed by atoms with Gasteiger partial charge >= 0.3 is 0 Å². The molecule has 1 aromatic rings. The van der Waals surface area contributed by atoms with E-state index in [1.54, 1.807) is 0 Å². The maximum absolute atomic E-state index is 6.29. The summed E-state index contributed by atoms with van der Waals surface area (Å²) in [6, 6.07) is 5.71. The molecule has 0 amide bonds. The second-order valence-corrected chi connectivity index (χ2v) is 6.43. The molecular weight excluding hydrogens is 286 g/mol. The molecule has 2 saturated heterocycles. The van der Waals surface area contributed by atoms with Crippen LogP contribution < -0.4 is 4.74 Å². The van der Waals surface area contributed by atoms with E-state index >= 15 is 0 Å². The number of ether oxygens (including phenoxy) is 1. The maximum atomic E-state index is 6.29. The van der Waals surface area contributed by atoms with Crippen molar-refractivity contribution in [2.75, 3.05) is 26.2 Å². The van der Waals surface area contributed by atoms with Crippen LogP contribution in [0.15, 0.2) is 23.2 Å². The van der Waals surface area contributed by atoms with Crippen LogP contribution >= 0.6 is 11.6 Å². The average Bonchev–Trinajstić information content (AvgIpc) is 3.19. The molecule has 1 aromatic carbocycles. The van der Waals surface area contributed by atoms with Gasteiger partial charge in [-0.05, 0) is 37.8 Å². The molecule has 1 atom stereocenters. The van der Waals surface area contributed by atoms with E-state index in [0.717, 1.165) is 43.5 Å². The average molecular weight is 306 g/mol. The molecule has 0 saturated carbocycles. The van der Waals surface area contributed by atoms with Gasteiger partial charge in [-0.3, -0.25) is 4.90 Å². The Morgan fingerprint density at radius 2 is 1.76 bits per heavy atom. The van der Waals surface area contributed by atoms with Crippen LogP contribution in [0.2, 0.25) is 5.02 Å². The topological polar surface area (TPSA) is 28.1 Å². The van der Waals surface area contributed by atoms with Gasteiger partial charge in [0.15, 0.2) is 5.84 Å². The lowest BCUT2D eigenvalue weighted by Gasteiger charge is -2.36. The van der Waals surface area contributed by atoms with Gasteiger partial charge in [0.25, 0.3) is 0 Å². The first kappa shape index (κ1) is 13.4. The van der Waals surface area contributed by atoms with Gasteiger partial charge in [0.05, 0.1) is 0 Å². The van der Waals surface area contributed by atoms with Crippen LogP contribution in [-0.4, -0.2) is 48.0 Å². The highest BCUT2D eigenvalue weighted by molar-refractivity contribution is 6.30. The van der Waals surface area contributed by atoms with E-state index in [0.29, 0.717) is 5.02 Å². The Balaban J connectivity index is 1.71. The largest absolute Gasteiger partial charge is 0.465 e. The third-order valence-electron chi connectivity index (χ3n) is 4.52. The van der Waals surface area contributed by atoms with Crippen molar-refractivity contribution in [3.63, 3.8) is 0 Å². The van der Waals surface area contributed by atoms with E-state index < -0.39 is 0 Å². The van der Waals surface area contributed by atoms with E-state index in [4.69, 9.17) is 21.3 Å². The summed E-state index contributed by atoms with van der Waals surface area (Å²) >= 11 is 6.10. The lowest BCUT2D eigenvalue weighted by Crippen LogP contribution is -2.51. The van der Waals surface area contributed by atoms with Crippen molar-refractivity contribution in [1.29, 1.82) is 0 Å². The second-order valence-electron chi connectivity index (χ2n) is 5.99. The minimum atomic E-state index is -0.0448. The monoisotopic (exact) mass is 305 g/mol. The number of hydrogen-bond donors (Lipinski definition) is 0. The highest BCUT2D eigenvalue weighted by Crippen LogP contribution is 2.37. The van der Waals surface area contributed by atoms with Crippen molar-refractivity contribution in [3.05, 3.63) is 23.2 Å². The fraction of sp³-hybridized carbons (Fsp3) is 0.562. The first-order valence-corrected chi connectivity index (χ1v) is 8.23. The van der Waals surface area contributed by atoms with E-state index in [1.165, 1.54) is 25.7 Å². The van der Waals surface area contributed by atoms with Crippen LogP contribution in [0.3, 0.4) is 0 Å². The SMILES string of the molecule is Clc1ccc2c(c1)O[C@H](N1CCCC1)C(N1CCCC1)=N2. The number of halogens is 1. The Morgan fingerprint density at radius 3 is 2.52 bits per heavy atom. The Hall–Kier alpha value is -1.26. The fourth-order valence-electron chi connectivity index (χ4n) is 3.41. The van der Waals surface area contributed by atoms with Gasteiger partial charge in [-0.2, -0.15) is 0 Å². The molecule has 0 N–H and O–H groups in total. The minimum Gasteiger partial charge on any atom is -0.465 e. The third kappa shape index (κ3) is 2.51. The van der Waals surface area contributed by atoms with Crippen molar-refractivity contribution in [3.8, 4) is 5.75 Å². The van der Waals surface area contributed by atoms with Gasteiger partial charge in [0, 0.05) is 37.3 Å². The predicted octanol–water partition coefficient (Wildman–Crippen LogP) is 3.28. The normalized spacial score (nSPS) is 25.7. The maximum Gasteiger partial charge on any atom is 0.211 e. The zero-order valence-corrected chi connectivity index (χ0v) is 12.9. The summed E-state index contributed by atoms with van der Waals surface area (Å²) in [5, 5.41) is 0.703. The first-order valence-electron chi connectivity index (χ1n) is 7.85. The van der Waals surface area contributed by atoms with Crippen molar-refractivity contribution in [2.24, 2.45) is 4.99 Å². The van der Waals surface area contributed by atoms with Gasteiger partial charge in [-0.1, -0.05) is 11.6 Å². The first-order chi connectivity index (χ1) is 10.3. The molecule has 3 aliphatic heterocycles. The van der Waals surface area contributed by atoms with Crippen molar-refractivity contribution in [1.82, 2.24) is 9.80 Å². The fourth-order valence-corrected chi connectivity index (χ4v) is 3.58. The van der Waals surface area contributed by atoms with E-state index in [2.05, 4.69) is 9.80 Å². The lowest BCUT2D eigenvalue weighted by atomic mass is 10.2. The van der Waals surface area contributed by atoms with Gasteiger partial charge in [0.2, 0.25) is 6.23 Å². The van der Waals surface area contributed by atoms with E-state index in [1.807, 2.05) is 18.2 Å². The van der Waals surface area contributed by atoms with Gasteiger partial charge in [0.1, 0.15) is 11.4 Å². The Labute approximate surface area is 130 Å². The summed E-state index contributed by atoms with van der Waals surface area (Å²) in [7, 11) is 0. The molecule has 21 heavy (non-hydrogen) atoms. The van der Waals surface area contributed by atoms with Crippen LogP contribution in [0.1, 0.15) is 25.7 Å². The zero-order valence-electron chi connectivity index (χ0n) is 12.1. The molecular formula is C16H20ClN3O. The quantitative estimate of drug-likeness (QED) is 0.797. The van der Waals surface area contributed by atoms with Crippen molar-refractivity contribution < 1.29 is 4.74 Å². The number of hydrogen-bond acceptors (Lipinski definition) is 4. The minimum absolute atomic E-state index is 0.0448. The molecule has 5 heteroatoms. The molecule has 112 valence electrons. The summed E-state index contributed by atoms with van der Waals surface area (Å²) in [5.41, 5.74) is 0.900. The van der Waals surface area contributed by atoms with E-state index in [9.17, 15) is 0 Å². The van der Waals surface area contributed by atoms with Crippen LogP contribution in [-0.2, 0) is 0 Å². The van der Waals surface area contributed by atoms with Crippen LogP contribution in [0.4, 0.5) is 5.69 Å². The zero-order chi connectivity index (χ0) is 14.2. The highest BCUT2D eigenvalue weighted by Gasteiger charge is 2.35. The molecule has 0 bridgehead atoms. The standard InChI is InChI=1S/C16H20ClN3O/c17-12-5-6-13-14(11-12)21-16(20-9-3-4-10-20)15(18-13)19-7-1-2-8-19/h5-6,11,16H,1-4,7-10H2/t16-/m0/s1. The molecule has 3 aliphatic rings. The van der Waals surface area contributed by atoms with Crippen molar-refractivity contribution in [2.45, 2.75) is 31.9 Å². The van der Waals surface area contributed by atoms with Crippen LogP contribution in [0.5, 0.6) is 5.75 Å². The van der Waals surface area contributed by atoms with E-state index in [-0.39, 0.29) is 6.23 Å². The van der Waals surface area contributed by atoms with Crippen LogP contribution in [0, 0.1) is 0 Å². The number of aliphatic imine (C=N–C) groups is 1. The smallest absolute Gasteiger partial charge is 0.211 e. The van der Waals surface area contributed by atoms with Gasteiger partial charge < -0.3 is 9.64 Å². The molecule has 3 heterocycles. The number of benzene rings is 1. The summed E-state index contributed by atoms with van der Waals surface area (Å²) in [6.07, 6.45) is 4.94. The number of amidine groups is 1. The molecule has 0 aromatic heterocycles. The highest BCUT2D eigenvalue weighted by atomic mass is 35.5. The summed E-state index contributed by atoms with van der Waals surface area (Å²) in [5.74, 6) is 1.89. The molecule has 0 radical (unpaired) electrons. The predicted molar refractivity (Wildman–Crippen MR) is 84.6 cm³/mol. The van der Waals surface area contributed by atoms with Crippen LogP contribution in [0.25, 0.3) is 0 Å². The second kappa shape index (κ2) is 5.50. The molecule has 0 aliphatic carbocycles. The molecule has 0 unspecified atom stereocenters. The number of nitrogens with zero attached hydrogens (tertiary/aromatic N) is 3. The third-order valence-corrected chi connectivity index (χ3v) is 4.75. The number of fused-ring (bicyclic) bond motifs is 1.